The van der Waals surface area contributed by atoms with E-state index in [0.717, 1.165) is 0 Å². The van der Waals surface area contributed by atoms with E-state index in [4.69, 9.17) is 0 Å². The molecular weight excluding hydrogens is 196 g/mol. The standard InChI is InChI=1S/C8H7F2NO3/c1-14-8-5(3-12)4(7(9)10)2-6(13)11-8/h2-3,7H,1H3,(H,11,13). The molecule has 0 aliphatic heterocycles. The third-order valence-corrected chi connectivity index (χ3v) is 1.64. The first kappa shape index (κ1) is 10.4. The highest BCUT2D eigenvalue weighted by atomic mass is 19.3. The van der Waals surface area contributed by atoms with E-state index in [2.05, 4.69) is 9.72 Å². The van der Waals surface area contributed by atoms with Gasteiger partial charge in [0.2, 0.25) is 5.88 Å². The number of pyridine rings is 1. The molecule has 6 heteroatoms. The van der Waals surface area contributed by atoms with Crippen molar-refractivity contribution in [2.75, 3.05) is 7.11 Å². The van der Waals surface area contributed by atoms with E-state index in [9.17, 15) is 18.4 Å². The van der Waals surface area contributed by atoms with Crippen LogP contribution in [-0.2, 0) is 0 Å². The Balaban J connectivity index is 3.47. The first-order valence-electron chi connectivity index (χ1n) is 3.64. The van der Waals surface area contributed by atoms with Gasteiger partial charge in [0.25, 0.3) is 12.0 Å². The number of aromatic amines is 1. The summed E-state index contributed by atoms with van der Waals surface area (Å²) in [6, 6.07) is 0.678. The van der Waals surface area contributed by atoms with Crippen molar-refractivity contribution in [3.05, 3.63) is 27.5 Å². The fraction of sp³-hybridized carbons (Fsp3) is 0.250. The molecule has 0 radical (unpaired) electrons. The number of halogens is 2. The fourth-order valence-corrected chi connectivity index (χ4v) is 1.03. The van der Waals surface area contributed by atoms with E-state index in [0.29, 0.717) is 6.07 Å². The lowest BCUT2D eigenvalue weighted by molar-refractivity contribution is 0.110. The number of methoxy groups -OCH3 is 1. The molecule has 0 aromatic carbocycles. The van der Waals surface area contributed by atoms with Crippen LogP contribution in [0.15, 0.2) is 10.9 Å². The number of hydrogen-bond acceptors (Lipinski definition) is 3. The zero-order valence-electron chi connectivity index (χ0n) is 7.21. The molecular formula is C8H7F2NO3. The van der Waals surface area contributed by atoms with Crippen LogP contribution in [0.25, 0.3) is 0 Å². The van der Waals surface area contributed by atoms with Gasteiger partial charge >= 0.3 is 0 Å². The highest BCUT2D eigenvalue weighted by molar-refractivity contribution is 5.80. The van der Waals surface area contributed by atoms with Gasteiger partial charge < -0.3 is 4.74 Å². The number of hydrogen-bond donors (Lipinski definition) is 1. The summed E-state index contributed by atoms with van der Waals surface area (Å²) in [5.41, 5.74) is -1.69. The van der Waals surface area contributed by atoms with Gasteiger partial charge in [-0.05, 0) is 0 Å². The number of nitrogens with one attached hydrogen (secondary N) is 1. The van der Waals surface area contributed by atoms with Crippen molar-refractivity contribution < 1.29 is 18.3 Å². The normalized spacial score (nSPS) is 10.3. The third kappa shape index (κ3) is 1.78. The van der Waals surface area contributed by atoms with Crippen LogP contribution in [0.4, 0.5) is 8.78 Å². The molecule has 0 saturated carbocycles. The van der Waals surface area contributed by atoms with Crippen molar-refractivity contribution in [2.24, 2.45) is 0 Å². The number of ether oxygens (including phenoxy) is 1. The predicted molar refractivity (Wildman–Crippen MR) is 44.0 cm³/mol. The molecule has 1 N–H and O–H groups in total. The summed E-state index contributed by atoms with van der Waals surface area (Å²) in [6.07, 6.45) is -2.66. The molecule has 0 spiro atoms. The van der Waals surface area contributed by atoms with E-state index in [1.54, 1.807) is 0 Å². The third-order valence-electron chi connectivity index (χ3n) is 1.64. The van der Waals surface area contributed by atoms with Gasteiger partial charge in [-0.25, -0.2) is 8.78 Å². The predicted octanol–water partition coefficient (Wildman–Crippen LogP) is 1.13. The Morgan fingerprint density at radius 1 is 1.57 bits per heavy atom. The van der Waals surface area contributed by atoms with Crippen molar-refractivity contribution >= 4 is 6.29 Å². The number of H-pyrrole nitrogens is 1. The van der Waals surface area contributed by atoms with Crippen LogP contribution in [0.2, 0.25) is 0 Å². The molecule has 0 saturated heterocycles. The van der Waals surface area contributed by atoms with Gasteiger partial charge in [-0.15, -0.1) is 0 Å². The maximum absolute atomic E-state index is 12.3. The molecule has 0 aliphatic rings. The smallest absolute Gasteiger partial charge is 0.264 e. The van der Waals surface area contributed by atoms with Crippen molar-refractivity contribution in [1.29, 1.82) is 0 Å². The Morgan fingerprint density at radius 3 is 2.64 bits per heavy atom. The molecule has 4 nitrogen and oxygen atoms in total. The summed E-state index contributed by atoms with van der Waals surface area (Å²) in [5.74, 6) is -0.247. The topological polar surface area (TPSA) is 59.2 Å². The average molecular weight is 203 g/mol. The Kier molecular flexibility index (Phi) is 2.95. The maximum Gasteiger partial charge on any atom is 0.264 e. The van der Waals surface area contributed by atoms with Crippen molar-refractivity contribution in [1.82, 2.24) is 4.98 Å². The van der Waals surface area contributed by atoms with Gasteiger partial charge in [0.05, 0.1) is 12.7 Å². The molecule has 0 amide bonds. The van der Waals surface area contributed by atoms with E-state index >= 15 is 0 Å². The van der Waals surface area contributed by atoms with Gasteiger partial charge in [-0.3, -0.25) is 14.6 Å². The van der Waals surface area contributed by atoms with E-state index in [-0.39, 0.29) is 17.7 Å². The second-order valence-corrected chi connectivity index (χ2v) is 2.45. The second-order valence-electron chi connectivity index (χ2n) is 2.45. The van der Waals surface area contributed by atoms with Crippen LogP contribution in [0.5, 0.6) is 5.88 Å². The van der Waals surface area contributed by atoms with Gasteiger partial charge in [-0.2, -0.15) is 0 Å². The summed E-state index contributed by atoms with van der Waals surface area (Å²) >= 11 is 0. The number of rotatable bonds is 3. The molecule has 0 aliphatic carbocycles. The first-order valence-corrected chi connectivity index (χ1v) is 3.64. The molecule has 76 valence electrons. The Morgan fingerprint density at radius 2 is 2.21 bits per heavy atom. The van der Waals surface area contributed by atoms with Crippen LogP contribution >= 0.6 is 0 Å². The first-order chi connectivity index (χ1) is 6.60. The minimum absolute atomic E-state index is 0.219. The molecule has 0 fully saturated rings. The van der Waals surface area contributed by atoms with Crippen LogP contribution < -0.4 is 10.3 Å². The molecule has 0 atom stereocenters. The van der Waals surface area contributed by atoms with Gasteiger partial charge in [0.15, 0.2) is 6.29 Å². The van der Waals surface area contributed by atoms with Crippen molar-refractivity contribution in [2.45, 2.75) is 6.43 Å². The Bertz CT molecular complexity index is 400. The molecule has 0 bridgehead atoms. The summed E-state index contributed by atoms with van der Waals surface area (Å²) in [4.78, 5) is 23.5. The summed E-state index contributed by atoms with van der Waals surface area (Å²) in [5, 5.41) is 0. The van der Waals surface area contributed by atoms with Crippen molar-refractivity contribution in [3.8, 4) is 5.88 Å². The lowest BCUT2D eigenvalue weighted by Gasteiger charge is -2.07. The Hall–Kier alpha value is -1.72. The molecule has 0 unspecified atom stereocenters. The van der Waals surface area contributed by atoms with Gasteiger partial charge in [0.1, 0.15) is 0 Å². The second kappa shape index (κ2) is 3.99. The van der Waals surface area contributed by atoms with Gasteiger partial charge in [-0.1, -0.05) is 0 Å². The van der Waals surface area contributed by atoms with Crippen LogP contribution in [0.1, 0.15) is 22.3 Å². The van der Waals surface area contributed by atoms with E-state index < -0.39 is 17.5 Å². The minimum atomic E-state index is -2.88. The quantitative estimate of drug-likeness (QED) is 0.749. The zero-order valence-corrected chi connectivity index (χ0v) is 7.21. The molecule has 1 aromatic heterocycles. The largest absolute Gasteiger partial charge is 0.482 e. The SMILES string of the molecule is COc1[nH]c(=O)cc(C(F)F)c1C=O. The fourth-order valence-electron chi connectivity index (χ4n) is 1.03. The summed E-state index contributed by atoms with van der Waals surface area (Å²) in [7, 11) is 1.17. The zero-order chi connectivity index (χ0) is 10.7. The minimum Gasteiger partial charge on any atom is -0.482 e. The molecule has 1 rings (SSSR count). The molecule has 1 heterocycles. The highest BCUT2D eigenvalue weighted by Gasteiger charge is 2.17. The lowest BCUT2D eigenvalue weighted by atomic mass is 10.1. The number of aldehydes is 1. The van der Waals surface area contributed by atoms with Crippen molar-refractivity contribution in [3.63, 3.8) is 0 Å². The number of carbonyl (C=O) groups is 1. The Labute approximate surface area is 77.5 Å². The summed E-state index contributed by atoms with van der Waals surface area (Å²) < 4.78 is 29.3. The van der Waals surface area contributed by atoms with E-state index in [1.807, 2.05) is 0 Å². The number of alkyl halides is 2. The number of aromatic nitrogens is 1. The lowest BCUT2D eigenvalue weighted by Crippen LogP contribution is -2.11. The molecule has 1 aromatic rings. The van der Waals surface area contributed by atoms with Crippen LogP contribution in [0, 0.1) is 0 Å². The van der Waals surface area contributed by atoms with Gasteiger partial charge in [0, 0.05) is 11.6 Å². The summed E-state index contributed by atoms with van der Waals surface area (Å²) in [6.45, 7) is 0. The van der Waals surface area contributed by atoms with E-state index in [1.165, 1.54) is 7.11 Å². The highest BCUT2D eigenvalue weighted by Crippen LogP contribution is 2.24. The maximum atomic E-state index is 12.3. The molecule has 14 heavy (non-hydrogen) atoms. The monoisotopic (exact) mass is 203 g/mol. The van der Waals surface area contributed by atoms with Crippen LogP contribution in [-0.4, -0.2) is 18.4 Å². The van der Waals surface area contributed by atoms with Crippen LogP contribution in [0.3, 0.4) is 0 Å². The number of carbonyl (C=O) groups excluding carboxylic acids is 1. The average Bonchev–Trinajstić information content (AvgIpc) is 2.16.